The van der Waals surface area contributed by atoms with Crippen molar-refractivity contribution in [2.45, 2.75) is 64.3 Å². The van der Waals surface area contributed by atoms with E-state index in [0.717, 1.165) is 13.0 Å². The lowest BCUT2D eigenvalue weighted by Gasteiger charge is -2.37. The van der Waals surface area contributed by atoms with E-state index in [9.17, 15) is 0 Å². The molecule has 0 aliphatic carbocycles. The number of hydrogen-bond donors (Lipinski definition) is 1. The highest BCUT2D eigenvalue weighted by atomic mass is 15.3. The number of aromatic nitrogens is 3. The Morgan fingerprint density at radius 3 is 3.00 bits per heavy atom. The van der Waals surface area contributed by atoms with Gasteiger partial charge in [-0.05, 0) is 50.6 Å². The highest BCUT2D eigenvalue weighted by Gasteiger charge is 2.34. The first-order valence-electron chi connectivity index (χ1n) is 9.59. The van der Waals surface area contributed by atoms with Gasteiger partial charge in [0.1, 0.15) is 11.6 Å². The third kappa shape index (κ3) is 3.31. The summed E-state index contributed by atoms with van der Waals surface area (Å²) < 4.78 is 2.46. The van der Waals surface area contributed by atoms with Gasteiger partial charge in [-0.3, -0.25) is 0 Å². The van der Waals surface area contributed by atoms with E-state index in [4.69, 9.17) is 0 Å². The van der Waals surface area contributed by atoms with Crippen LogP contribution in [0.5, 0.6) is 0 Å². The highest BCUT2D eigenvalue weighted by molar-refractivity contribution is 5.06. The van der Waals surface area contributed by atoms with Crippen molar-refractivity contribution in [2.75, 3.05) is 32.7 Å². The van der Waals surface area contributed by atoms with E-state index < -0.39 is 0 Å². The van der Waals surface area contributed by atoms with Gasteiger partial charge in [0.05, 0.1) is 0 Å². The summed E-state index contributed by atoms with van der Waals surface area (Å²) in [6.45, 7) is 9.60. The number of nitrogens with one attached hydrogen (secondary N) is 1. The third-order valence-corrected chi connectivity index (χ3v) is 6.07. The fourth-order valence-corrected chi connectivity index (χ4v) is 4.76. The fourth-order valence-electron chi connectivity index (χ4n) is 4.76. The summed E-state index contributed by atoms with van der Waals surface area (Å²) in [6.07, 6.45) is 8.92. The molecular formula is C18H31N5. The van der Waals surface area contributed by atoms with Crippen LogP contribution >= 0.6 is 0 Å². The van der Waals surface area contributed by atoms with E-state index in [-0.39, 0.29) is 0 Å². The molecule has 4 rings (SSSR count). The zero-order valence-electron chi connectivity index (χ0n) is 14.6. The van der Waals surface area contributed by atoms with Gasteiger partial charge in [-0.25, -0.2) is 0 Å². The average Bonchev–Trinajstić information content (AvgIpc) is 3.08. The van der Waals surface area contributed by atoms with Gasteiger partial charge >= 0.3 is 0 Å². The van der Waals surface area contributed by atoms with Crippen molar-refractivity contribution >= 4 is 0 Å². The van der Waals surface area contributed by atoms with Gasteiger partial charge in [-0.1, -0.05) is 13.3 Å². The van der Waals surface area contributed by atoms with Gasteiger partial charge in [0.15, 0.2) is 0 Å². The predicted molar refractivity (Wildman–Crippen MR) is 91.6 cm³/mol. The van der Waals surface area contributed by atoms with Crippen molar-refractivity contribution in [2.24, 2.45) is 5.41 Å². The molecule has 1 N–H and O–H groups in total. The van der Waals surface area contributed by atoms with E-state index in [1.54, 1.807) is 0 Å². The molecule has 0 saturated carbocycles. The van der Waals surface area contributed by atoms with E-state index in [2.05, 4.69) is 31.9 Å². The normalized spacial score (nSPS) is 32.7. The molecule has 0 amide bonds. The number of rotatable bonds is 3. The van der Waals surface area contributed by atoms with Crippen LogP contribution in [-0.4, -0.2) is 52.4 Å². The Balaban J connectivity index is 1.46. The topological polar surface area (TPSA) is 46.0 Å². The lowest BCUT2D eigenvalue weighted by atomic mass is 9.87. The minimum Gasteiger partial charge on any atom is -0.316 e. The number of aryl methyl sites for hydroxylation is 1. The van der Waals surface area contributed by atoms with E-state index >= 15 is 0 Å². The fraction of sp³-hybridized carbons (Fsp3) is 0.889. The second-order valence-electron chi connectivity index (χ2n) is 8.25. The summed E-state index contributed by atoms with van der Waals surface area (Å²) in [5.41, 5.74) is 0.462. The van der Waals surface area contributed by atoms with Gasteiger partial charge < -0.3 is 14.8 Å². The maximum absolute atomic E-state index is 4.62. The first-order valence-corrected chi connectivity index (χ1v) is 9.59. The molecule has 0 spiro atoms. The summed E-state index contributed by atoms with van der Waals surface area (Å²) >= 11 is 0. The molecule has 2 unspecified atom stereocenters. The van der Waals surface area contributed by atoms with Gasteiger partial charge in [0, 0.05) is 38.5 Å². The monoisotopic (exact) mass is 317 g/mol. The molecule has 0 radical (unpaired) electrons. The van der Waals surface area contributed by atoms with Crippen molar-refractivity contribution in [3.05, 3.63) is 11.6 Å². The molecule has 23 heavy (non-hydrogen) atoms. The molecule has 2 atom stereocenters. The van der Waals surface area contributed by atoms with Gasteiger partial charge in [-0.15, -0.1) is 10.2 Å². The molecular weight excluding hydrogens is 286 g/mol. The molecule has 1 aromatic rings. The van der Waals surface area contributed by atoms with Gasteiger partial charge in [0.2, 0.25) is 0 Å². The molecule has 4 heterocycles. The van der Waals surface area contributed by atoms with Crippen LogP contribution in [0, 0.1) is 5.41 Å². The maximum atomic E-state index is 4.62. The predicted octanol–water partition coefficient (Wildman–Crippen LogP) is 2.18. The second kappa shape index (κ2) is 6.52. The highest BCUT2D eigenvalue weighted by Crippen LogP contribution is 2.31. The SMILES string of the molecule is CC1(CN2CCCC(c3nnc4n3CCCCC4)C2)CCNC1. The van der Waals surface area contributed by atoms with Crippen LogP contribution in [0.1, 0.15) is 63.0 Å². The van der Waals surface area contributed by atoms with Crippen LogP contribution in [0.3, 0.4) is 0 Å². The number of likely N-dealkylation sites (tertiary alicyclic amines) is 1. The Morgan fingerprint density at radius 1 is 1.17 bits per heavy atom. The van der Waals surface area contributed by atoms with E-state index in [0.29, 0.717) is 11.3 Å². The van der Waals surface area contributed by atoms with E-state index in [1.807, 2.05) is 0 Å². The smallest absolute Gasteiger partial charge is 0.137 e. The maximum Gasteiger partial charge on any atom is 0.137 e. The zero-order valence-corrected chi connectivity index (χ0v) is 14.6. The minimum atomic E-state index is 0.462. The molecule has 0 aromatic carbocycles. The summed E-state index contributed by atoms with van der Waals surface area (Å²) in [4.78, 5) is 2.69. The molecule has 2 saturated heterocycles. The second-order valence-corrected chi connectivity index (χ2v) is 8.25. The van der Waals surface area contributed by atoms with Crippen molar-refractivity contribution in [3.8, 4) is 0 Å². The molecule has 2 fully saturated rings. The van der Waals surface area contributed by atoms with Crippen molar-refractivity contribution in [1.82, 2.24) is 25.0 Å². The van der Waals surface area contributed by atoms with Crippen molar-refractivity contribution < 1.29 is 0 Å². The summed E-state index contributed by atoms with van der Waals surface area (Å²) in [6, 6.07) is 0. The Morgan fingerprint density at radius 2 is 2.13 bits per heavy atom. The van der Waals surface area contributed by atoms with E-state index in [1.165, 1.54) is 82.9 Å². The van der Waals surface area contributed by atoms with Crippen molar-refractivity contribution in [3.63, 3.8) is 0 Å². The van der Waals surface area contributed by atoms with Crippen LogP contribution in [-0.2, 0) is 13.0 Å². The van der Waals surface area contributed by atoms with Gasteiger partial charge in [-0.2, -0.15) is 0 Å². The summed E-state index contributed by atoms with van der Waals surface area (Å²) in [7, 11) is 0. The Kier molecular flexibility index (Phi) is 4.41. The Labute approximate surface area is 139 Å². The zero-order chi connectivity index (χ0) is 15.7. The molecule has 128 valence electrons. The lowest BCUT2D eigenvalue weighted by molar-refractivity contribution is 0.138. The Hall–Kier alpha value is -0.940. The van der Waals surface area contributed by atoms with Crippen LogP contribution < -0.4 is 5.32 Å². The molecule has 3 aliphatic heterocycles. The first-order chi connectivity index (χ1) is 11.2. The number of piperidine rings is 1. The number of fused-ring (bicyclic) bond motifs is 1. The molecule has 0 bridgehead atoms. The van der Waals surface area contributed by atoms with Gasteiger partial charge in [0.25, 0.3) is 0 Å². The van der Waals surface area contributed by atoms with Crippen LogP contribution in [0.25, 0.3) is 0 Å². The van der Waals surface area contributed by atoms with Crippen LogP contribution in [0.4, 0.5) is 0 Å². The standard InChI is InChI=1S/C18H31N5/c1-18(8-9-19-13-18)14-22-10-5-6-15(12-22)17-21-20-16-7-3-2-4-11-23(16)17/h15,19H,2-14H2,1H3. The summed E-state index contributed by atoms with van der Waals surface area (Å²) in [5, 5.41) is 12.7. The molecule has 1 aromatic heterocycles. The molecule has 5 heteroatoms. The Bertz CT molecular complexity index is 532. The first kappa shape index (κ1) is 15.6. The molecule has 5 nitrogen and oxygen atoms in total. The quantitative estimate of drug-likeness (QED) is 0.928. The molecule has 3 aliphatic rings. The minimum absolute atomic E-state index is 0.462. The van der Waals surface area contributed by atoms with Crippen molar-refractivity contribution in [1.29, 1.82) is 0 Å². The largest absolute Gasteiger partial charge is 0.316 e. The average molecular weight is 317 g/mol. The summed E-state index contributed by atoms with van der Waals surface area (Å²) in [5.74, 6) is 3.10. The number of nitrogens with zero attached hydrogens (tertiary/aromatic N) is 4. The van der Waals surface area contributed by atoms with Crippen LogP contribution in [0.15, 0.2) is 0 Å². The third-order valence-electron chi connectivity index (χ3n) is 6.07. The number of hydrogen-bond acceptors (Lipinski definition) is 4. The lowest BCUT2D eigenvalue weighted by Crippen LogP contribution is -2.42. The van der Waals surface area contributed by atoms with Crippen LogP contribution in [0.2, 0.25) is 0 Å².